The number of carboxylic acid groups (broad SMARTS) is 1. The van der Waals surface area contributed by atoms with E-state index in [9.17, 15) is 19.5 Å². The molecule has 26 heavy (non-hydrogen) atoms. The lowest BCUT2D eigenvalue weighted by Crippen LogP contribution is -2.36. The summed E-state index contributed by atoms with van der Waals surface area (Å²) in [5.41, 5.74) is 1.09. The standard InChI is InChI=1S/C20H22N2O4/c23-18(16-12-6-7-13(10-12)17(16)20(25)26)21-15-5-3-4-14(11-15)19(24)22-8-1-2-9-22/h3-7,11-13,16-17H,1-2,8-10H2,(H,21,23)(H,25,26). The van der Waals surface area contributed by atoms with E-state index in [1.54, 1.807) is 24.3 Å². The number of anilines is 1. The zero-order valence-electron chi connectivity index (χ0n) is 14.4. The summed E-state index contributed by atoms with van der Waals surface area (Å²) in [6.07, 6.45) is 6.65. The summed E-state index contributed by atoms with van der Waals surface area (Å²) in [4.78, 5) is 38.7. The van der Waals surface area contributed by atoms with Crippen molar-refractivity contribution in [2.75, 3.05) is 18.4 Å². The van der Waals surface area contributed by atoms with Gasteiger partial charge in [0.1, 0.15) is 0 Å². The molecule has 1 aromatic carbocycles. The van der Waals surface area contributed by atoms with E-state index in [-0.39, 0.29) is 23.7 Å². The van der Waals surface area contributed by atoms with Gasteiger partial charge in [0, 0.05) is 24.3 Å². The Labute approximate surface area is 151 Å². The van der Waals surface area contributed by atoms with Crippen LogP contribution >= 0.6 is 0 Å². The molecular formula is C20H22N2O4. The quantitative estimate of drug-likeness (QED) is 0.813. The lowest BCUT2D eigenvalue weighted by Gasteiger charge is -2.24. The van der Waals surface area contributed by atoms with Crippen molar-refractivity contribution in [1.82, 2.24) is 4.90 Å². The van der Waals surface area contributed by atoms with Gasteiger partial charge in [-0.05, 0) is 49.3 Å². The molecule has 0 aromatic heterocycles. The van der Waals surface area contributed by atoms with Crippen LogP contribution < -0.4 is 5.32 Å². The Hall–Kier alpha value is -2.63. The first-order valence-corrected chi connectivity index (χ1v) is 9.16. The zero-order valence-corrected chi connectivity index (χ0v) is 14.4. The SMILES string of the molecule is O=C(O)C1C2C=CC(C2)C1C(=O)Nc1cccc(C(=O)N2CCCC2)c1. The highest BCUT2D eigenvalue weighted by molar-refractivity contribution is 5.99. The van der Waals surface area contributed by atoms with E-state index in [0.29, 0.717) is 11.3 Å². The number of fused-ring (bicyclic) bond motifs is 2. The first kappa shape index (κ1) is 16.8. The van der Waals surface area contributed by atoms with Gasteiger partial charge in [0.15, 0.2) is 0 Å². The van der Waals surface area contributed by atoms with E-state index in [4.69, 9.17) is 0 Å². The largest absolute Gasteiger partial charge is 0.481 e. The Morgan fingerprint density at radius 3 is 2.42 bits per heavy atom. The molecule has 2 aliphatic carbocycles. The van der Waals surface area contributed by atoms with Gasteiger partial charge in [-0.25, -0.2) is 0 Å². The van der Waals surface area contributed by atoms with Gasteiger partial charge in [-0.3, -0.25) is 14.4 Å². The van der Waals surface area contributed by atoms with E-state index < -0.39 is 17.8 Å². The maximum Gasteiger partial charge on any atom is 0.307 e. The third-order valence-electron chi connectivity index (χ3n) is 5.82. The van der Waals surface area contributed by atoms with Gasteiger partial charge in [0.05, 0.1) is 11.8 Å². The molecule has 0 radical (unpaired) electrons. The normalized spacial score (nSPS) is 29.2. The fourth-order valence-electron chi connectivity index (χ4n) is 4.57. The lowest BCUT2D eigenvalue weighted by molar-refractivity contribution is -0.146. The highest BCUT2D eigenvalue weighted by Crippen LogP contribution is 2.48. The van der Waals surface area contributed by atoms with E-state index in [0.717, 1.165) is 32.4 Å². The molecule has 2 bridgehead atoms. The van der Waals surface area contributed by atoms with Crippen LogP contribution in [0.4, 0.5) is 5.69 Å². The number of carbonyl (C=O) groups is 3. The fraction of sp³-hybridized carbons (Fsp3) is 0.450. The number of rotatable bonds is 4. The number of nitrogens with zero attached hydrogens (tertiary/aromatic N) is 1. The molecule has 0 spiro atoms. The average molecular weight is 354 g/mol. The monoisotopic (exact) mass is 354 g/mol. The first-order valence-electron chi connectivity index (χ1n) is 9.16. The minimum Gasteiger partial charge on any atom is -0.481 e. The average Bonchev–Trinajstić information content (AvgIpc) is 3.37. The zero-order chi connectivity index (χ0) is 18.3. The van der Waals surface area contributed by atoms with Crippen molar-refractivity contribution >= 4 is 23.5 Å². The number of likely N-dealkylation sites (tertiary alicyclic amines) is 1. The smallest absolute Gasteiger partial charge is 0.307 e. The Balaban J connectivity index is 1.49. The van der Waals surface area contributed by atoms with Crippen LogP contribution in [0.15, 0.2) is 36.4 Å². The predicted octanol–water partition coefficient (Wildman–Crippen LogP) is 2.38. The second kappa shape index (κ2) is 6.59. The number of benzene rings is 1. The number of nitrogens with one attached hydrogen (secondary N) is 1. The molecule has 6 heteroatoms. The molecule has 1 aliphatic heterocycles. The van der Waals surface area contributed by atoms with E-state index >= 15 is 0 Å². The molecule has 1 saturated carbocycles. The number of allylic oxidation sites excluding steroid dienone is 2. The maximum absolute atomic E-state index is 12.8. The minimum absolute atomic E-state index is 0.0180. The van der Waals surface area contributed by atoms with E-state index in [2.05, 4.69) is 5.32 Å². The van der Waals surface area contributed by atoms with Crippen LogP contribution in [0.3, 0.4) is 0 Å². The van der Waals surface area contributed by atoms with Gasteiger partial charge < -0.3 is 15.3 Å². The molecule has 6 nitrogen and oxygen atoms in total. The predicted molar refractivity (Wildman–Crippen MR) is 95.6 cm³/mol. The van der Waals surface area contributed by atoms with E-state index in [1.165, 1.54) is 0 Å². The van der Waals surface area contributed by atoms with Crippen molar-refractivity contribution in [3.63, 3.8) is 0 Å². The van der Waals surface area contributed by atoms with Gasteiger partial charge in [0.25, 0.3) is 5.91 Å². The Kier molecular flexibility index (Phi) is 4.26. The second-order valence-electron chi connectivity index (χ2n) is 7.41. The molecule has 2 N–H and O–H groups in total. The number of aliphatic carboxylic acids is 1. The van der Waals surface area contributed by atoms with Crippen LogP contribution in [0.25, 0.3) is 0 Å². The fourth-order valence-corrected chi connectivity index (χ4v) is 4.57. The van der Waals surface area contributed by atoms with Gasteiger partial charge in [0.2, 0.25) is 5.91 Å². The molecule has 1 aromatic rings. The summed E-state index contributed by atoms with van der Waals surface area (Å²) in [5, 5.41) is 12.3. The van der Waals surface area contributed by atoms with Crippen LogP contribution in [0.2, 0.25) is 0 Å². The summed E-state index contributed by atoms with van der Waals surface area (Å²) in [6.45, 7) is 1.54. The number of amides is 2. The van der Waals surface area contributed by atoms with E-state index in [1.807, 2.05) is 17.1 Å². The van der Waals surface area contributed by atoms with Crippen molar-refractivity contribution < 1.29 is 19.5 Å². The summed E-state index contributed by atoms with van der Waals surface area (Å²) >= 11 is 0. The molecule has 1 heterocycles. The molecule has 3 aliphatic rings. The van der Waals surface area contributed by atoms with Crippen molar-refractivity contribution in [3.8, 4) is 0 Å². The molecule has 4 atom stereocenters. The molecule has 4 unspecified atom stereocenters. The summed E-state index contributed by atoms with van der Waals surface area (Å²) < 4.78 is 0. The topological polar surface area (TPSA) is 86.7 Å². The summed E-state index contributed by atoms with van der Waals surface area (Å²) in [7, 11) is 0. The molecule has 2 fully saturated rings. The Morgan fingerprint density at radius 1 is 1.04 bits per heavy atom. The lowest BCUT2D eigenvalue weighted by atomic mass is 9.82. The molecular weight excluding hydrogens is 332 g/mol. The van der Waals surface area contributed by atoms with Gasteiger partial charge in [-0.15, -0.1) is 0 Å². The van der Waals surface area contributed by atoms with Crippen LogP contribution in [-0.2, 0) is 9.59 Å². The van der Waals surface area contributed by atoms with Crippen molar-refractivity contribution in [2.24, 2.45) is 23.7 Å². The number of hydrogen-bond donors (Lipinski definition) is 2. The second-order valence-corrected chi connectivity index (χ2v) is 7.41. The van der Waals surface area contributed by atoms with Crippen molar-refractivity contribution in [2.45, 2.75) is 19.3 Å². The van der Waals surface area contributed by atoms with Crippen molar-refractivity contribution in [3.05, 3.63) is 42.0 Å². The van der Waals surface area contributed by atoms with Crippen LogP contribution in [0.5, 0.6) is 0 Å². The number of carbonyl (C=O) groups excluding carboxylic acids is 2. The molecule has 1 saturated heterocycles. The highest BCUT2D eigenvalue weighted by Gasteiger charge is 2.51. The Bertz CT molecular complexity index is 782. The van der Waals surface area contributed by atoms with Gasteiger partial charge in [-0.2, -0.15) is 0 Å². The van der Waals surface area contributed by atoms with Gasteiger partial charge in [-0.1, -0.05) is 18.2 Å². The third kappa shape index (κ3) is 2.89. The maximum atomic E-state index is 12.8. The van der Waals surface area contributed by atoms with Gasteiger partial charge >= 0.3 is 5.97 Å². The molecule has 2 amide bonds. The van der Waals surface area contributed by atoms with Crippen LogP contribution in [0, 0.1) is 23.7 Å². The summed E-state index contributed by atoms with van der Waals surface area (Å²) in [5.74, 6) is -2.52. The highest BCUT2D eigenvalue weighted by atomic mass is 16.4. The van der Waals surface area contributed by atoms with Crippen LogP contribution in [0.1, 0.15) is 29.6 Å². The van der Waals surface area contributed by atoms with Crippen LogP contribution in [-0.4, -0.2) is 40.9 Å². The molecule has 136 valence electrons. The van der Waals surface area contributed by atoms with Crippen molar-refractivity contribution in [1.29, 1.82) is 0 Å². The first-order chi connectivity index (χ1) is 12.5. The number of hydrogen-bond acceptors (Lipinski definition) is 3. The molecule has 4 rings (SSSR count). The third-order valence-corrected chi connectivity index (χ3v) is 5.82. The number of carboxylic acids is 1. The minimum atomic E-state index is -0.917. The Morgan fingerprint density at radius 2 is 1.73 bits per heavy atom. The summed E-state index contributed by atoms with van der Waals surface area (Å²) in [6, 6.07) is 6.90.